The first-order chi connectivity index (χ1) is 8.40. The van der Waals surface area contributed by atoms with E-state index in [0.717, 1.165) is 41.7 Å². The predicted octanol–water partition coefficient (Wildman–Crippen LogP) is 3.55. The van der Waals surface area contributed by atoms with Crippen molar-refractivity contribution in [2.45, 2.75) is 32.9 Å². The molecule has 0 amide bonds. The zero-order chi connectivity index (χ0) is 13.3. The Hall–Kier alpha value is -0.280. The first-order valence-corrected chi connectivity index (χ1v) is 7.06. The number of piperidine rings is 1. The molecule has 0 aromatic heterocycles. The number of hydrogen-bond donors (Lipinski definition) is 1. The maximum Gasteiger partial charge on any atom is 0.0465 e. The summed E-state index contributed by atoms with van der Waals surface area (Å²) in [6, 6.07) is 5.94. The quantitative estimate of drug-likeness (QED) is 0.901. The summed E-state index contributed by atoms with van der Waals surface area (Å²) in [7, 11) is 0. The Kier molecular flexibility index (Phi) is 4.22. The van der Waals surface area contributed by atoms with Crippen LogP contribution in [0.2, 0.25) is 10.0 Å². The summed E-state index contributed by atoms with van der Waals surface area (Å²) in [5, 5.41) is 1.49. The van der Waals surface area contributed by atoms with Crippen molar-refractivity contribution in [2.75, 3.05) is 13.1 Å². The second-order valence-corrected chi connectivity index (χ2v) is 6.61. The summed E-state index contributed by atoms with van der Waals surface area (Å²) in [4.78, 5) is 2.39. The van der Waals surface area contributed by atoms with Gasteiger partial charge in [-0.2, -0.15) is 0 Å². The lowest BCUT2D eigenvalue weighted by molar-refractivity contribution is 0.0899. The minimum Gasteiger partial charge on any atom is -0.327 e. The highest BCUT2D eigenvalue weighted by molar-refractivity contribution is 6.35. The van der Waals surface area contributed by atoms with E-state index in [1.54, 1.807) is 0 Å². The Morgan fingerprint density at radius 3 is 2.50 bits per heavy atom. The highest BCUT2D eigenvalue weighted by Crippen LogP contribution is 2.31. The smallest absolute Gasteiger partial charge is 0.0465 e. The molecule has 0 aliphatic carbocycles. The number of nitrogens with two attached hydrogens (primary N) is 1. The Balaban J connectivity index is 2.11. The van der Waals surface area contributed by atoms with Gasteiger partial charge in [-0.3, -0.25) is 4.90 Å². The van der Waals surface area contributed by atoms with Gasteiger partial charge in [-0.1, -0.05) is 43.1 Å². The monoisotopic (exact) mass is 286 g/mol. The predicted molar refractivity (Wildman–Crippen MR) is 78.1 cm³/mol. The van der Waals surface area contributed by atoms with Crippen LogP contribution < -0.4 is 5.73 Å². The van der Waals surface area contributed by atoms with Crippen LogP contribution in [-0.2, 0) is 6.54 Å². The third kappa shape index (κ3) is 3.00. The number of rotatable bonds is 2. The molecule has 2 rings (SSSR count). The van der Waals surface area contributed by atoms with E-state index in [1.807, 2.05) is 18.2 Å². The zero-order valence-corrected chi connectivity index (χ0v) is 12.4. The molecule has 2 N–H and O–H groups in total. The molecule has 18 heavy (non-hydrogen) atoms. The van der Waals surface area contributed by atoms with Crippen molar-refractivity contribution in [1.29, 1.82) is 0 Å². The number of benzene rings is 1. The number of hydrogen-bond acceptors (Lipinski definition) is 2. The van der Waals surface area contributed by atoms with Gasteiger partial charge in [-0.15, -0.1) is 0 Å². The first-order valence-electron chi connectivity index (χ1n) is 6.31. The number of nitrogens with zero attached hydrogens (tertiary/aromatic N) is 1. The van der Waals surface area contributed by atoms with E-state index in [9.17, 15) is 0 Å². The van der Waals surface area contributed by atoms with E-state index in [-0.39, 0.29) is 11.5 Å². The van der Waals surface area contributed by atoms with Gasteiger partial charge in [0.05, 0.1) is 0 Å². The van der Waals surface area contributed by atoms with E-state index < -0.39 is 0 Å². The van der Waals surface area contributed by atoms with E-state index >= 15 is 0 Å². The number of halogens is 2. The standard InChI is InChI=1S/C14H20Cl2N2/c1-14(2)9-18(7-6-13(14)17)8-10-11(15)4-3-5-12(10)16/h3-5,13H,6-9,17H2,1-2H3. The second kappa shape index (κ2) is 5.38. The largest absolute Gasteiger partial charge is 0.327 e. The molecule has 1 fully saturated rings. The third-order valence-corrected chi connectivity index (χ3v) is 4.54. The molecule has 1 aliphatic rings. The summed E-state index contributed by atoms with van der Waals surface area (Å²) >= 11 is 12.4. The summed E-state index contributed by atoms with van der Waals surface area (Å²) in [6.45, 7) is 7.23. The third-order valence-electron chi connectivity index (χ3n) is 3.83. The van der Waals surface area contributed by atoms with Crippen LogP contribution in [0.25, 0.3) is 0 Å². The molecule has 0 spiro atoms. The van der Waals surface area contributed by atoms with Gasteiger partial charge in [-0.05, 0) is 24.0 Å². The van der Waals surface area contributed by atoms with Crippen LogP contribution >= 0.6 is 23.2 Å². The Morgan fingerprint density at radius 1 is 1.33 bits per heavy atom. The molecule has 4 heteroatoms. The maximum absolute atomic E-state index is 6.21. The lowest BCUT2D eigenvalue weighted by Gasteiger charge is -2.42. The average Bonchev–Trinajstić information content (AvgIpc) is 2.28. The minimum atomic E-state index is 0.145. The fourth-order valence-electron chi connectivity index (χ4n) is 2.53. The van der Waals surface area contributed by atoms with E-state index in [2.05, 4.69) is 18.7 Å². The molecule has 1 aromatic carbocycles. The molecule has 1 saturated heterocycles. The van der Waals surface area contributed by atoms with Crippen molar-refractivity contribution in [3.8, 4) is 0 Å². The van der Waals surface area contributed by atoms with Crippen LogP contribution in [0, 0.1) is 5.41 Å². The number of likely N-dealkylation sites (tertiary alicyclic amines) is 1. The van der Waals surface area contributed by atoms with Gasteiger partial charge in [0.1, 0.15) is 0 Å². The topological polar surface area (TPSA) is 29.3 Å². The van der Waals surface area contributed by atoms with E-state index in [4.69, 9.17) is 28.9 Å². The fraction of sp³-hybridized carbons (Fsp3) is 0.571. The van der Waals surface area contributed by atoms with Gasteiger partial charge in [0, 0.05) is 41.3 Å². The van der Waals surface area contributed by atoms with Gasteiger partial charge in [0.25, 0.3) is 0 Å². The molecular formula is C14H20Cl2N2. The summed E-state index contributed by atoms with van der Waals surface area (Å²) in [5.41, 5.74) is 7.31. The van der Waals surface area contributed by atoms with Crippen LogP contribution in [0.4, 0.5) is 0 Å². The van der Waals surface area contributed by atoms with Gasteiger partial charge in [0.15, 0.2) is 0 Å². The van der Waals surface area contributed by atoms with Crippen molar-refractivity contribution in [1.82, 2.24) is 4.90 Å². The van der Waals surface area contributed by atoms with E-state index in [0.29, 0.717) is 0 Å². The molecule has 1 unspecified atom stereocenters. The van der Waals surface area contributed by atoms with Crippen molar-refractivity contribution in [3.05, 3.63) is 33.8 Å². The SMILES string of the molecule is CC1(C)CN(Cc2c(Cl)cccc2Cl)CCC1N. The van der Waals surface area contributed by atoms with Crippen LogP contribution in [0.1, 0.15) is 25.8 Å². The molecule has 0 saturated carbocycles. The molecule has 1 aliphatic heterocycles. The fourth-order valence-corrected chi connectivity index (χ4v) is 3.04. The van der Waals surface area contributed by atoms with Gasteiger partial charge in [0.2, 0.25) is 0 Å². The Bertz CT molecular complexity index is 412. The molecule has 2 nitrogen and oxygen atoms in total. The molecule has 1 heterocycles. The molecule has 100 valence electrons. The van der Waals surface area contributed by atoms with Crippen molar-refractivity contribution < 1.29 is 0 Å². The molecule has 1 aromatic rings. The van der Waals surface area contributed by atoms with Gasteiger partial charge in [-0.25, -0.2) is 0 Å². The summed E-state index contributed by atoms with van der Waals surface area (Å²) in [5.74, 6) is 0. The highest BCUT2D eigenvalue weighted by Gasteiger charge is 2.33. The lowest BCUT2D eigenvalue weighted by atomic mass is 9.79. The summed E-state index contributed by atoms with van der Waals surface area (Å²) in [6.07, 6.45) is 1.02. The van der Waals surface area contributed by atoms with E-state index in [1.165, 1.54) is 0 Å². The van der Waals surface area contributed by atoms with Crippen LogP contribution in [0.3, 0.4) is 0 Å². The van der Waals surface area contributed by atoms with Crippen molar-refractivity contribution in [2.24, 2.45) is 11.1 Å². The Labute approximate surface area is 119 Å². The normalized spacial score (nSPS) is 24.2. The van der Waals surface area contributed by atoms with Crippen molar-refractivity contribution >= 4 is 23.2 Å². The molecular weight excluding hydrogens is 267 g/mol. The molecule has 0 radical (unpaired) electrons. The molecule has 0 bridgehead atoms. The lowest BCUT2D eigenvalue weighted by Crippen LogP contribution is -2.52. The summed E-state index contributed by atoms with van der Waals surface area (Å²) < 4.78 is 0. The maximum atomic E-state index is 6.21. The zero-order valence-electron chi connectivity index (χ0n) is 10.9. The van der Waals surface area contributed by atoms with Crippen LogP contribution in [0.15, 0.2) is 18.2 Å². The van der Waals surface area contributed by atoms with Gasteiger partial charge < -0.3 is 5.73 Å². The second-order valence-electron chi connectivity index (χ2n) is 5.79. The van der Waals surface area contributed by atoms with Crippen LogP contribution in [0.5, 0.6) is 0 Å². The highest BCUT2D eigenvalue weighted by atomic mass is 35.5. The van der Waals surface area contributed by atoms with Crippen molar-refractivity contribution in [3.63, 3.8) is 0 Å². The minimum absolute atomic E-state index is 0.145. The first kappa shape index (κ1) is 14.1. The molecule has 1 atom stereocenters. The average molecular weight is 287 g/mol. The van der Waals surface area contributed by atoms with Gasteiger partial charge >= 0.3 is 0 Å². The van der Waals surface area contributed by atoms with Crippen LogP contribution in [-0.4, -0.2) is 24.0 Å². The Morgan fingerprint density at radius 2 is 1.94 bits per heavy atom.